The molecule has 0 aromatic heterocycles. The van der Waals surface area contributed by atoms with Gasteiger partial charge in [0.1, 0.15) is 0 Å². The zero-order chi connectivity index (χ0) is 10.8. The summed E-state index contributed by atoms with van der Waals surface area (Å²) in [4.78, 5) is 10.8. The molecule has 1 atom stereocenters. The molecular weight excluding hydrogens is 228 g/mol. The zero-order valence-electron chi connectivity index (χ0n) is 6.92. The highest BCUT2D eigenvalue weighted by Crippen LogP contribution is 2.23. The first-order valence-electron chi connectivity index (χ1n) is 3.63. The van der Waals surface area contributed by atoms with Crippen LogP contribution in [0.5, 0.6) is 0 Å². The van der Waals surface area contributed by atoms with E-state index in [1.165, 1.54) is 12.1 Å². The first kappa shape index (κ1) is 11.2. The number of halogens is 1. The molecule has 0 unspecified atom stereocenters. The monoisotopic (exact) mass is 234 g/mol. The Balaban J connectivity index is 3.22. The third-order valence-electron chi connectivity index (χ3n) is 1.61. The fraction of sp³-hybridized carbons (Fsp3) is 0.125. The predicted octanol–water partition coefficient (Wildman–Crippen LogP) is 1.38. The average Bonchev–Trinajstić information content (AvgIpc) is 2.02. The molecule has 76 valence electrons. The van der Waals surface area contributed by atoms with Crippen LogP contribution in [0.1, 0.15) is 10.8 Å². The van der Waals surface area contributed by atoms with Crippen LogP contribution in [0, 0.1) is 0 Å². The highest BCUT2D eigenvalue weighted by molar-refractivity contribution is 7.87. The van der Waals surface area contributed by atoms with Gasteiger partial charge in [0.05, 0.1) is 0 Å². The van der Waals surface area contributed by atoms with E-state index in [4.69, 9.17) is 16.2 Å². The lowest BCUT2D eigenvalue weighted by atomic mass is 10.2. The van der Waals surface area contributed by atoms with E-state index < -0.39 is 20.6 Å². The smallest absolute Gasteiger partial charge is 0.280 e. The van der Waals surface area contributed by atoms with Crippen molar-refractivity contribution >= 4 is 27.0 Å². The van der Waals surface area contributed by atoms with Gasteiger partial charge < -0.3 is 0 Å². The third kappa shape index (κ3) is 2.54. The largest absolute Gasteiger partial charge is 0.285 e. The van der Waals surface area contributed by atoms with Crippen molar-refractivity contribution in [1.29, 1.82) is 0 Å². The lowest BCUT2D eigenvalue weighted by Gasteiger charge is -2.08. The maximum atomic E-state index is 10.8. The van der Waals surface area contributed by atoms with Gasteiger partial charge in [0.2, 0.25) is 5.24 Å². The molecule has 0 aliphatic heterocycles. The lowest BCUT2D eigenvalue weighted by molar-refractivity contribution is -0.111. The molecule has 0 bridgehead atoms. The predicted molar refractivity (Wildman–Crippen MR) is 51.6 cm³/mol. The van der Waals surface area contributed by atoms with Crippen molar-refractivity contribution in [2.75, 3.05) is 0 Å². The van der Waals surface area contributed by atoms with Crippen molar-refractivity contribution in [2.24, 2.45) is 0 Å². The number of hydrogen-bond donors (Lipinski definition) is 1. The number of carbonyl (C=O) groups is 1. The van der Waals surface area contributed by atoms with E-state index in [9.17, 15) is 13.2 Å². The van der Waals surface area contributed by atoms with E-state index in [-0.39, 0.29) is 5.56 Å². The number of benzene rings is 1. The van der Waals surface area contributed by atoms with Gasteiger partial charge in [0, 0.05) is 0 Å². The van der Waals surface area contributed by atoms with Crippen molar-refractivity contribution in [1.82, 2.24) is 0 Å². The molecule has 0 aliphatic rings. The highest BCUT2D eigenvalue weighted by Gasteiger charge is 2.31. The van der Waals surface area contributed by atoms with Crippen LogP contribution in [-0.4, -0.2) is 18.2 Å². The summed E-state index contributed by atoms with van der Waals surface area (Å²) < 4.78 is 30.4. The Morgan fingerprint density at radius 1 is 1.29 bits per heavy atom. The first-order chi connectivity index (χ1) is 6.43. The summed E-state index contributed by atoms with van der Waals surface area (Å²) in [5.41, 5.74) is 0.148. The zero-order valence-corrected chi connectivity index (χ0v) is 8.49. The van der Waals surface area contributed by atoms with E-state index in [2.05, 4.69) is 0 Å². The van der Waals surface area contributed by atoms with Gasteiger partial charge in [-0.15, -0.1) is 0 Å². The summed E-state index contributed by atoms with van der Waals surface area (Å²) in [5, 5.41) is -2.83. The highest BCUT2D eigenvalue weighted by atomic mass is 35.5. The van der Waals surface area contributed by atoms with Crippen LogP contribution in [-0.2, 0) is 14.9 Å². The molecule has 1 N–H and O–H groups in total. The molecular formula is C8H7ClO4S. The summed E-state index contributed by atoms with van der Waals surface area (Å²) in [7, 11) is -4.50. The molecule has 0 amide bonds. The Labute approximate surface area is 86.3 Å². The number of carbonyl (C=O) groups excluding carboxylic acids is 1. The molecule has 0 radical (unpaired) electrons. The van der Waals surface area contributed by atoms with Crippen molar-refractivity contribution in [3.8, 4) is 0 Å². The van der Waals surface area contributed by atoms with Crippen molar-refractivity contribution in [2.45, 2.75) is 5.25 Å². The first-order valence-corrected chi connectivity index (χ1v) is 5.51. The van der Waals surface area contributed by atoms with E-state index in [1.807, 2.05) is 0 Å². The quantitative estimate of drug-likeness (QED) is 0.634. The Morgan fingerprint density at radius 2 is 1.79 bits per heavy atom. The van der Waals surface area contributed by atoms with E-state index in [1.54, 1.807) is 18.2 Å². The fourth-order valence-corrected chi connectivity index (χ4v) is 2.25. The second-order valence-corrected chi connectivity index (χ2v) is 4.48. The normalized spacial score (nSPS) is 13.6. The lowest BCUT2D eigenvalue weighted by Crippen LogP contribution is -2.17. The maximum absolute atomic E-state index is 10.8. The maximum Gasteiger partial charge on any atom is 0.280 e. The van der Waals surface area contributed by atoms with Crippen molar-refractivity contribution in [3.05, 3.63) is 35.9 Å². The standard InChI is InChI=1S/C8H7ClO4S/c9-8(10)7(14(11,12)13)6-4-2-1-3-5-6/h1-5,7H,(H,11,12,13)/t7-/m0/s1. The Kier molecular flexibility index (Phi) is 3.25. The summed E-state index contributed by atoms with van der Waals surface area (Å²) in [6.07, 6.45) is 0. The van der Waals surface area contributed by atoms with Gasteiger partial charge in [0.15, 0.2) is 5.25 Å². The second-order valence-electron chi connectivity index (χ2n) is 2.61. The number of rotatable bonds is 3. The van der Waals surface area contributed by atoms with Gasteiger partial charge in [-0.2, -0.15) is 8.42 Å². The minimum absolute atomic E-state index is 0.148. The SMILES string of the molecule is O=C(Cl)[C@H](c1ccccc1)S(=O)(=O)O. The van der Waals surface area contributed by atoms with E-state index in [0.717, 1.165) is 0 Å². The topological polar surface area (TPSA) is 71.4 Å². The average molecular weight is 235 g/mol. The Morgan fingerprint density at radius 3 is 2.14 bits per heavy atom. The van der Waals surface area contributed by atoms with Crippen LogP contribution < -0.4 is 0 Å². The van der Waals surface area contributed by atoms with Gasteiger partial charge in [-0.25, -0.2) is 0 Å². The summed E-state index contributed by atoms with van der Waals surface area (Å²) in [6, 6.07) is 7.56. The van der Waals surface area contributed by atoms with Gasteiger partial charge in [-0.1, -0.05) is 30.3 Å². The molecule has 1 aromatic carbocycles. The van der Waals surface area contributed by atoms with Crippen LogP contribution in [0.2, 0.25) is 0 Å². The van der Waals surface area contributed by atoms with Crippen LogP contribution in [0.4, 0.5) is 0 Å². The summed E-state index contributed by atoms with van der Waals surface area (Å²) in [6.45, 7) is 0. The van der Waals surface area contributed by atoms with E-state index >= 15 is 0 Å². The molecule has 0 saturated carbocycles. The molecule has 0 heterocycles. The van der Waals surface area contributed by atoms with Gasteiger partial charge in [-0.05, 0) is 17.2 Å². The molecule has 1 rings (SSSR count). The van der Waals surface area contributed by atoms with Crippen LogP contribution in [0.15, 0.2) is 30.3 Å². The summed E-state index contributed by atoms with van der Waals surface area (Å²) in [5.74, 6) is 0. The molecule has 14 heavy (non-hydrogen) atoms. The minimum atomic E-state index is -4.50. The molecule has 6 heteroatoms. The molecule has 4 nitrogen and oxygen atoms in total. The van der Waals surface area contributed by atoms with E-state index in [0.29, 0.717) is 0 Å². The Bertz CT molecular complexity index is 426. The van der Waals surface area contributed by atoms with Gasteiger partial charge in [0.25, 0.3) is 10.1 Å². The van der Waals surface area contributed by atoms with Crippen LogP contribution >= 0.6 is 11.6 Å². The van der Waals surface area contributed by atoms with Crippen LogP contribution in [0.25, 0.3) is 0 Å². The number of hydrogen-bond acceptors (Lipinski definition) is 3. The molecule has 1 aromatic rings. The second kappa shape index (κ2) is 4.08. The molecule has 0 spiro atoms. The van der Waals surface area contributed by atoms with Crippen molar-refractivity contribution in [3.63, 3.8) is 0 Å². The molecule has 0 fully saturated rings. The Hall–Kier alpha value is -0.910. The molecule has 0 saturated heterocycles. The van der Waals surface area contributed by atoms with Gasteiger partial charge in [-0.3, -0.25) is 9.35 Å². The van der Waals surface area contributed by atoms with Crippen LogP contribution in [0.3, 0.4) is 0 Å². The third-order valence-corrected chi connectivity index (χ3v) is 3.04. The fourth-order valence-electron chi connectivity index (χ4n) is 1.05. The minimum Gasteiger partial charge on any atom is -0.285 e. The van der Waals surface area contributed by atoms with Crippen molar-refractivity contribution < 1.29 is 17.8 Å². The molecule has 0 aliphatic carbocycles. The summed E-state index contributed by atoms with van der Waals surface area (Å²) >= 11 is 5.08. The van der Waals surface area contributed by atoms with Gasteiger partial charge >= 0.3 is 0 Å².